The van der Waals surface area contributed by atoms with Gasteiger partial charge in [0.15, 0.2) is 0 Å². The van der Waals surface area contributed by atoms with Gasteiger partial charge in [-0.3, -0.25) is 0 Å². The summed E-state index contributed by atoms with van der Waals surface area (Å²) in [7, 11) is 0. The Hall–Kier alpha value is -0.0800. The van der Waals surface area contributed by atoms with Gasteiger partial charge in [0.1, 0.15) is 0 Å². The molecule has 2 nitrogen and oxygen atoms in total. The van der Waals surface area contributed by atoms with Crippen LogP contribution >= 0.6 is 0 Å². The Morgan fingerprint density at radius 3 is 2.23 bits per heavy atom. The zero-order valence-corrected chi connectivity index (χ0v) is 9.72. The lowest BCUT2D eigenvalue weighted by Crippen LogP contribution is -2.45. The van der Waals surface area contributed by atoms with Crippen LogP contribution in [0.15, 0.2) is 0 Å². The van der Waals surface area contributed by atoms with E-state index >= 15 is 0 Å². The summed E-state index contributed by atoms with van der Waals surface area (Å²) in [6, 6.07) is 0.445. The van der Waals surface area contributed by atoms with Gasteiger partial charge in [-0.15, -0.1) is 0 Å². The molecule has 2 N–H and O–H groups in total. The Balaban J connectivity index is 3.90. The van der Waals surface area contributed by atoms with Gasteiger partial charge in [-0.1, -0.05) is 34.1 Å². The van der Waals surface area contributed by atoms with Crippen LogP contribution in [0.3, 0.4) is 0 Å². The lowest BCUT2D eigenvalue weighted by Gasteiger charge is -2.31. The van der Waals surface area contributed by atoms with Gasteiger partial charge in [0.05, 0.1) is 5.60 Å². The molecule has 80 valence electrons. The average Bonchev–Trinajstić information content (AvgIpc) is 2.01. The number of rotatable bonds is 6. The predicted octanol–water partition coefficient (Wildman–Crippen LogP) is 2.17. The minimum Gasteiger partial charge on any atom is -0.389 e. The minimum atomic E-state index is -0.569. The molecule has 13 heavy (non-hydrogen) atoms. The molecule has 2 atom stereocenters. The van der Waals surface area contributed by atoms with E-state index in [0.29, 0.717) is 18.5 Å². The maximum absolute atomic E-state index is 10.1. The van der Waals surface area contributed by atoms with E-state index in [1.165, 1.54) is 0 Å². The first-order chi connectivity index (χ1) is 5.90. The second kappa shape index (κ2) is 5.61. The third-order valence-corrected chi connectivity index (χ3v) is 2.65. The van der Waals surface area contributed by atoms with Gasteiger partial charge in [0.25, 0.3) is 0 Å². The Kier molecular flexibility index (Phi) is 5.57. The molecule has 0 rings (SSSR count). The molecule has 0 aliphatic heterocycles. The number of hydrogen-bond acceptors (Lipinski definition) is 2. The Morgan fingerprint density at radius 1 is 1.31 bits per heavy atom. The van der Waals surface area contributed by atoms with Crippen molar-refractivity contribution < 1.29 is 5.11 Å². The van der Waals surface area contributed by atoms with Crippen LogP contribution in [0.2, 0.25) is 0 Å². The van der Waals surface area contributed by atoms with E-state index in [-0.39, 0.29) is 0 Å². The first-order valence-corrected chi connectivity index (χ1v) is 5.36. The summed E-state index contributed by atoms with van der Waals surface area (Å²) in [5, 5.41) is 13.4. The zero-order valence-electron chi connectivity index (χ0n) is 9.72. The van der Waals surface area contributed by atoms with Gasteiger partial charge < -0.3 is 10.4 Å². The van der Waals surface area contributed by atoms with Gasteiger partial charge in [-0.25, -0.2) is 0 Å². The van der Waals surface area contributed by atoms with Crippen LogP contribution in [-0.2, 0) is 0 Å². The topological polar surface area (TPSA) is 32.3 Å². The van der Waals surface area contributed by atoms with E-state index in [4.69, 9.17) is 0 Å². The van der Waals surface area contributed by atoms with Crippen LogP contribution in [0.25, 0.3) is 0 Å². The smallest absolute Gasteiger partial charge is 0.0769 e. The molecule has 2 unspecified atom stereocenters. The van der Waals surface area contributed by atoms with Crippen LogP contribution in [0, 0.1) is 5.92 Å². The number of aliphatic hydroxyl groups is 1. The van der Waals surface area contributed by atoms with Crippen LogP contribution in [0.4, 0.5) is 0 Å². The summed E-state index contributed by atoms with van der Waals surface area (Å²) >= 11 is 0. The summed E-state index contributed by atoms with van der Waals surface area (Å²) in [6.07, 6.45) is 2.23. The highest BCUT2D eigenvalue weighted by molar-refractivity contribution is 4.81. The summed E-state index contributed by atoms with van der Waals surface area (Å²) in [6.45, 7) is 11.1. The molecule has 0 saturated carbocycles. The van der Waals surface area contributed by atoms with Crippen molar-refractivity contribution in [2.24, 2.45) is 5.92 Å². The minimum absolute atomic E-state index is 0.365. The molecule has 0 aromatic rings. The molecule has 0 heterocycles. The molecule has 0 saturated heterocycles. The fourth-order valence-electron chi connectivity index (χ4n) is 1.33. The normalized spacial score (nSPS) is 18.7. The Labute approximate surface area is 82.7 Å². The molecule has 0 radical (unpaired) electrons. The number of nitrogens with one attached hydrogen (secondary N) is 1. The van der Waals surface area contributed by atoms with Gasteiger partial charge in [0.2, 0.25) is 0 Å². The summed E-state index contributed by atoms with van der Waals surface area (Å²) in [4.78, 5) is 0. The molecule has 0 bridgehead atoms. The molecule has 0 spiro atoms. The van der Waals surface area contributed by atoms with Crippen molar-refractivity contribution in [1.29, 1.82) is 0 Å². The quantitative estimate of drug-likeness (QED) is 0.668. The van der Waals surface area contributed by atoms with Crippen LogP contribution < -0.4 is 5.32 Å². The van der Waals surface area contributed by atoms with E-state index in [9.17, 15) is 5.11 Å². The van der Waals surface area contributed by atoms with E-state index in [2.05, 4.69) is 33.0 Å². The van der Waals surface area contributed by atoms with Crippen molar-refractivity contribution in [3.05, 3.63) is 0 Å². The van der Waals surface area contributed by atoms with E-state index in [0.717, 1.165) is 12.8 Å². The average molecular weight is 187 g/mol. The number of hydrogen-bond donors (Lipinski definition) is 2. The van der Waals surface area contributed by atoms with Gasteiger partial charge >= 0.3 is 0 Å². The molecule has 0 fully saturated rings. The molecular formula is C11H25NO. The van der Waals surface area contributed by atoms with Crippen LogP contribution in [-0.4, -0.2) is 23.3 Å². The molecule has 0 aliphatic carbocycles. The van der Waals surface area contributed by atoms with Crippen molar-refractivity contribution in [2.75, 3.05) is 6.54 Å². The molecule has 0 aromatic heterocycles. The molecule has 0 amide bonds. The highest BCUT2D eigenvalue weighted by Crippen LogP contribution is 2.20. The second-order valence-electron chi connectivity index (χ2n) is 4.58. The van der Waals surface area contributed by atoms with Gasteiger partial charge in [-0.2, -0.15) is 0 Å². The largest absolute Gasteiger partial charge is 0.389 e. The van der Waals surface area contributed by atoms with Crippen molar-refractivity contribution in [3.63, 3.8) is 0 Å². The zero-order chi connectivity index (χ0) is 10.5. The monoisotopic (exact) mass is 187 g/mol. The third kappa shape index (κ3) is 5.27. The SMILES string of the molecule is CCCC(C)C(C)(O)CNC(C)C. The van der Waals surface area contributed by atoms with Gasteiger partial charge in [0, 0.05) is 12.6 Å². The summed E-state index contributed by atoms with van der Waals surface area (Å²) < 4.78 is 0. The first kappa shape index (κ1) is 12.9. The Morgan fingerprint density at radius 2 is 1.85 bits per heavy atom. The lowest BCUT2D eigenvalue weighted by atomic mass is 9.87. The molecule has 0 aliphatic rings. The molecule has 2 heteroatoms. The van der Waals surface area contributed by atoms with Crippen molar-refractivity contribution >= 4 is 0 Å². The van der Waals surface area contributed by atoms with E-state index in [1.807, 2.05) is 6.92 Å². The fourth-order valence-corrected chi connectivity index (χ4v) is 1.33. The lowest BCUT2D eigenvalue weighted by molar-refractivity contribution is 0.00199. The van der Waals surface area contributed by atoms with E-state index < -0.39 is 5.60 Å². The van der Waals surface area contributed by atoms with Crippen molar-refractivity contribution in [3.8, 4) is 0 Å². The maximum Gasteiger partial charge on any atom is 0.0769 e. The van der Waals surface area contributed by atoms with Crippen LogP contribution in [0.1, 0.15) is 47.5 Å². The third-order valence-electron chi connectivity index (χ3n) is 2.65. The van der Waals surface area contributed by atoms with Crippen molar-refractivity contribution in [1.82, 2.24) is 5.32 Å². The molecular weight excluding hydrogens is 162 g/mol. The first-order valence-electron chi connectivity index (χ1n) is 5.36. The van der Waals surface area contributed by atoms with Crippen molar-refractivity contribution in [2.45, 2.75) is 59.1 Å². The highest BCUT2D eigenvalue weighted by atomic mass is 16.3. The van der Waals surface area contributed by atoms with Gasteiger partial charge in [-0.05, 0) is 19.3 Å². The molecule has 0 aromatic carbocycles. The van der Waals surface area contributed by atoms with E-state index in [1.54, 1.807) is 0 Å². The predicted molar refractivity (Wildman–Crippen MR) is 57.8 cm³/mol. The standard InChI is InChI=1S/C11H25NO/c1-6-7-10(4)11(5,13)8-12-9(2)3/h9-10,12-13H,6-8H2,1-5H3. The fraction of sp³-hybridized carbons (Fsp3) is 1.00. The highest BCUT2D eigenvalue weighted by Gasteiger charge is 2.27. The summed E-state index contributed by atoms with van der Waals surface area (Å²) in [5.41, 5.74) is -0.569. The maximum atomic E-state index is 10.1. The Bertz CT molecular complexity index is 132. The van der Waals surface area contributed by atoms with Crippen LogP contribution in [0.5, 0.6) is 0 Å². The second-order valence-corrected chi connectivity index (χ2v) is 4.58. The summed E-state index contributed by atoms with van der Waals surface area (Å²) in [5.74, 6) is 0.365.